The lowest BCUT2D eigenvalue weighted by Crippen LogP contribution is -2.48. The molecule has 0 aliphatic carbocycles. The quantitative estimate of drug-likeness (QED) is 0.831. The smallest absolute Gasteiger partial charge is 0.225 e. The van der Waals surface area contributed by atoms with Crippen LogP contribution >= 0.6 is 0 Å². The minimum absolute atomic E-state index is 0.0419. The van der Waals surface area contributed by atoms with Crippen molar-refractivity contribution in [2.75, 3.05) is 33.4 Å². The molecule has 0 spiro atoms. The summed E-state index contributed by atoms with van der Waals surface area (Å²) in [6.07, 6.45) is 2.98. The average Bonchev–Trinajstić information content (AvgIpc) is 2.72. The largest absolute Gasteiger partial charge is 0.497 e. The van der Waals surface area contributed by atoms with Crippen LogP contribution in [-0.2, 0) is 14.3 Å². The highest BCUT2D eigenvalue weighted by Crippen LogP contribution is 2.37. The van der Waals surface area contributed by atoms with E-state index in [1.54, 1.807) is 7.11 Å². The fourth-order valence-corrected chi connectivity index (χ4v) is 4.16. The monoisotopic (exact) mass is 374 g/mol. The van der Waals surface area contributed by atoms with E-state index in [0.717, 1.165) is 37.4 Å². The number of carbonyl (C=O) groups is 2. The summed E-state index contributed by atoms with van der Waals surface area (Å²) in [4.78, 5) is 27.4. The number of likely N-dealkylation sites (tertiary alicyclic amines) is 1. The molecule has 0 radical (unpaired) electrons. The van der Waals surface area contributed by atoms with Gasteiger partial charge in [-0.2, -0.15) is 0 Å². The van der Waals surface area contributed by atoms with Crippen LogP contribution < -0.4 is 10.1 Å². The predicted octanol–water partition coefficient (Wildman–Crippen LogP) is 2.54. The summed E-state index contributed by atoms with van der Waals surface area (Å²) >= 11 is 0. The van der Waals surface area contributed by atoms with E-state index in [-0.39, 0.29) is 23.8 Å². The maximum absolute atomic E-state index is 13.0. The topological polar surface area (TPSA) is 67.9 Å². The molecule has 27 heavy (non-hydrogen) atoms. The Balaban J connectivity index is 1.77. The van der Waals surface area contributed by atoms with Crippen LogP contribution in [0.1, 0.15) is 44.2 Å². The Kier molecular flexibility index (Phi) is 6.72. The average molecular weight is 374 g/mol. The standard InChI is InChI=1S/C21H30N2O4/c1-3-23-19(24)8-7-18(20(23)16-5-4-6-17(13-16)26-2)21(25)22-14-15-9-11-27-12-10-15/h4-6,13,15,18,20H,3,7-12,14H2,1-2H3,(H,22,25)/t18-,20+/m1/s1. The van der Waals surface area contributed by atoms with Gasteiger partial charge in [-0.25, -0.2) is 0 Å². The molecule has 2 amide bonds. The van der Waals surface area contributed by atoms with Crippen molar-refractivity contribution in [3.8, 4) is 5.75 Å². The predicted molar refractivity (Wildman–Crippen MR) is 102 cm³/mol. The molecule has 2 atom stereocenters. The zero-order chi connectivity index (χ0) is 19.2. The molecule has 2 fully saturated rings. The third kappa shape index (κ3) is 4.61. The van der Waals surface area contributed by atoms with Gasteiger partial charge in [-0.05, 0) is 49.8 Å². The van der Waals surface area contributed by atoms with Crippen LogP contribution in [0, 0.1) is 11.8 Å². The van der Waals surface area contributed by atoms with Crippen LogP contribution in [0.2, 0.25) is 0 Å². The lowest BCUT2D eigenvalue weighted by Gasteiger charge is -2.40. The Hall–Kier alpha value is -2.08. The lowest BCUT2D eigenvalue weighted by molar-refractivity contribution is -0.143. The molecule has 1 aromatic rings. The van der Waals surface area contributed by atoms with Gasteiger partial charge in [0, 0.05) is 32.7 Å². The SMILES string of the molecule is CCN1C(=O)CC[C@@H](C(=O)NCC2CCOCC2)[C@@H]1c1cccc(OC)c1. The fourth-order valence-electron chi connectivity index (χ4n) is 4.16. The molecule has 6 heteroatoms. The third-order valence-electron chi connectivity index (χ3n) is 5.73. The first-order valence-electron chi connectivity index (χ1n) is 9.93. The number of hydrogen-bond donors (Lipinski definition) is 1. The van der Waals surface area contributed by atoms with Crippen LogP contribution in [0.4, 0.5) is 0 Å². The van der Waals surface area contributed by atoms with Gasteiger partial charge in [-0.15, -0.1) is 0 Å². The van der Waals surface area contributed by atoms with Crippen molar-refractivity contribution in [3.05, 3.63) is 29.8 Å². The van der Waals surface area contributed by atoms with Gasteiger partial charge >= 0.3 is 0 Å². The number of nitrogens with zero attached hydrogens (tertiary/aromatic N) is 1. The molecule has 0 saturated carbocycles. The molecule has 2 saturated heterocycles. The second-order valence-corrected chi connectivity index (χ2v) is 7.35. The van der Waals surface area contributed by atoms with E-state index in [9.17, 15) is 9.59 Å². The third-order valence-corrected chi connectivity index (χ3v) is 5.73. The molecule has 0 unspecified atom stereocenters. The number of hydrogen-bond acceptors (Lipinski definition) is 4. The second kappa shape index (κ2) is 9.22. The molecular formula is C21H30N2O4. The highest BCUT2D eigenvalue weighted by molar-refractivity contribution is 5.85. The summed E-state index contributed by atoms with van der Waals surface area (Å²) in [6.45, 7) is 4.78. The maximum atomic E-state index is 13.0. The molecule has 0 aromatic heterocycles. The Bertz CT molecular complexity index is 657. The molecule has 6 nitrogen and oxygen atoms in total. The molecule has 0 bridgehead atoms. The molecule has 2 heterocycles. The first kappa shape index (κ1) is 19.7. The van der Waals surface area contributed by atoms with Gasteiger partial charge < -0.3 is 19.7 Å². The number of nitrogens with one attached hydrogen (secondary N) is 1. The molecule has 148 valence electrons. The van der Waals surface area contributed by atoms with Crippen molar-refractivity contribution in [1.29, 1.82) is 0 Å². The molecule has 2 aliphatic rings. The van der Waals surface area contributed by atoms with Crippen molar-refractivity contribution in [1.82, 2.24) is 10.2 Å². The number of ether oxygens (including phenoxy) is 2. The molecule has 3 rings (SSSR count). The minimum Gasteiger partial charge on any atom is -0.497 e. The number of methoxy groups -OCH3 is 1. The summed E-state index contributed by atoms with van der Waals surface area (Å²) in [5.74, 6) is 1.13. The van der Waals surface area contributed by atoms with E-state index in [4.69, 9.17) is 9.47 Å². The molecule has 2 aliphatic heterocycles. The van der Waals surface area contributed by atoms with E-state index < -0.39 is 0 Å². The highest BCUT2D eigenvalue weighted by atomic mass is 16.5. The van der Waals surface area contributed by atoms with Gasteiger partial charge in [0.15, 0.2) is 0 Å². The maximum Gasteiger partial charge on any atom is 0.225 e. The molecular weight excluding hydrogens is 344 g/mol. The van der Waals surface area contributed by atoms with Crippen molar-refractivity contribution < 1.29 is 19.1 Å². The van der Waals surface area contributed by atoms with Crippen LogP contribution in [0.5, 0.6) is 5.75 Å². The Morgan fingerprint density at radius 2 is 2.07 bits per heavy atom. The summed E-state index contributed by atoms with van der Waals surface area (Å²) in [5, 5.41) is 3.15. The first-order chi connectivity index (χ1) is 13.1. The number of rotatable bonds is 6. The van der Waals surface area contributed by atoms with Gasteiger partial charge in [0.05, 0.1) is 19.1 Å². The van der Waals surface area contributed by atoms with E-state index >= 15 is 0 Å². The van der Waals surface area contributed by atoms with Gasteiger partial charge in [0.1, 0.15) is 5.75 Å². The molecule has 1 aromatic carbocycles. The highest BCUT2D eigenvalue weighted by Gasteiger charge is 2.40. The van der Waals surface area contributed by atoms with Crippen LogP contribution in [-0.4, -0.2) is 50.1 Å². The Morgan fingerprint density at radius 1 is 1.30 bits per heavy atom. The second-order valence-electron chi connectivity index (χ2n) is 7.35. The van der Waals surface area contributed by atoms with Crippen molar-refractivity contribution in [3.63, 3.8) is 0 Å². The van der Waals surface area contributed by atoms with E-state index in [1.807, 2.05) is 36.1 Å². The van der Waals surface area contributed by atoms with Crippen LogP contribution in [0.25, 0.3) is 0 Å². The zero-order valence-electron chi connectivity index (χ0n) is 16.3. The van der Waals surface area contributed by atoms with E-state index in [2.05, 4.69) is 5.32 Å². The number of benzene rings is 1. The fraction of sp³-hybridized carbons (Fsp3) is 0.619. The summed E-state index contributed by atoms with van der Waals surface area (Å²) < 4.78 is 10.7. The number of piperidine rings is 1. The van der Waals surface area contributed by atoms with Gasteiger partial charge in [0.25, 0.3) is 0 Å². The van der Waals surface area contributed by atoms with Crippen molar-refractivity contribution >= 4 is 11.8 Å². The number of carbonyl (C=O) groups excluding carboxylic acids is 2. The Labute approximate surface area is 161 Å². The van der Waals surface area contributed by atoms with Crippen LogP contribution in [0.3, 0.4) is 0 Å². The van der Waals surface area contributed by atoms with Crippen molar-refractivity contribution in [2.24, 2.45) is 11.8 Å². The molecule has 1 N–H and O–H groups in total. The summed E-state index contributed by atoms with van der Waals surface area (Å²) in [5.41, 5.74) is 0.954. The number of amides is 2. The lowest BCUT2D eigenvalue weighted by atomic mass is 9.83. The minimum atomic E-state index is -0.249. The van der Waals surface area contributed by atoms with E-state index in [1.165, 1.54) is 0 Å². The van der Waals surface area contributed by atoms with E-state index in [0.29, 0.717) is 31.8 Å². The van der Waals surface area contributed by atoms with Gasteiger partial charge in [-0.1, -0.05) is 12.1 Å². The zero-order valence-corrected chi connectivity index (χ0v) is 16.3. The van der Waals surface area contributed by atoms with Crippen molar-refractivity contribution in [2.45, 2.75) is 38.6 Å². The summed E-state index contributed by atoms with van der Waals surface area (Å²) in [7, 11) is 1.63. The first-order valence-corrected chi connectivity index (χ1v) is 9.93. The Morgan fingerprint density at radius 3 is 2.78 bits per heavy atom. The van der Waals surface area contributed by atoms with Gasteiger partial charge in [0.2, 0.25) is 11.8 Å². The summed E-state index contributed by atoms with van der Waals surface area (Å²) in [6, 6.07) is 7.46. The van der Waals surface area contributed by atoms with Gasteiger partial charge in [-0.3, -0.25) is 9.59 Å². The van der Waals surface area contributed by atoms with Crippen LogP contribution in [0.15, 0.2) is 24.3 Å². The normalized spacial score (nSPS) is 23.9.